The molecule has 16 heavy (non-hydrogen) atoms. The lowest BCUT2D eigenvalue weighted by Crippen LogP contribution is -2.12. The van der Waals surface area contributed by atoms with Crippen LogP contribution in [0, 0.1) is 0 Å². The standard InChI is InChI=1S/C11H10ClN3O/c12-8-11(16)14-9-3-1-4-10(7-9)15-6-2-5-13-15/h1-7H,8H2,(H,14,16). The third-order valence-electron chi connectivity index (χ3n) is 2.02. The summed E-state index contributed by atoms with van der Waals surface area (Å²) in [5.41, 5.74) is 1.59. The minimum atomic E-state index is -0.223. The predicted octanol–water partition coefficient (Wildman–Crippen LogP) is 2.05. The van der Waals surface area contributed by atoms with Crippen LogP contribution < -0.4 is 5.32 Å². The Labute approximate surface area is 97.8 Å². The van der Waals surface area contributed by atoms with Crippen molar-refractivity contribution in [1.29, 1.82) is 0 Å². The van der Waals surface area contributed by atoms with Crippen LogP contribution in [0.1, 0.15) is 0 Å². The van der Waals surface area contributed by atoms with E-state index in [4.69, 9.17) is 11.6 Å². The number of rotatable bonds is 3. The summed E-state index contributed by atoms with van der Waals surface area (Å²) in [7, 11) is 0. The Morgan fingerprint density at radius 2 is 2.31 bits per heavy atom. The van der Waals surface area contributed by atoms with Crippen molar-refractivity contribution in [2.24, 2.45) is 0 Å². The number of halogens is 1. The summed E-state index contributed by atoms with van der Waals surface area (Å²) >= 11 is 5.41. The largest absolute Gasteiger partial charge is 0.325 e. The van der Waals surface area contributed by atoms with E-state index in [-0.39, 0.29) is 11.8 Å². The van der Waals surface area contributed by atoms with Crippen molar-refractivity contribution >= 4 is 23.2 Å². The van der Waals surface area contributed by atoms with Gasteiger partial charge in [0.25, 0.3) is 0 Å². The van der Waals surface area contributed by atoms with Crippen LogP contribution in [-0.4, -0.2) is 21.6 Å². The van der Waals surface area contributed by atoms with Crippen molar-refractivity contribution in [3.8, 4) is 5.69 Å². The summed E-state index contributed by atoms with van der Waals surface area (Å²) in [6.45, 7) is 0. The molecule has 0 spiro atoms. The highest BCUT2D eigenvalue weighted by molar-refractivity contribution is 6.29. The van der Waals surface area contributed by atoms with Gasteiger partial charge < -0.3 is 5.32 Å². The van der Waals surface area contributed by atoms with Crippen LogP contribution >= 0.6 is 11.6 Å². The molecule has 0 aliphatic heterocycles. The quantitative estimate of drug-likeness (QED) is 0.828. The Hall–Kier alpha value is -1.81. The molecular formula is C11H10ClN3O. The smallest absolute Gasteiger partial charge is 0.239 e. The molecule has 82 valence electrons. The molecule has 0 saturated carbocycles. The van der Waals surface area contributed by atoms with Gasteiger partial charge in [0.2, 0.25) is 5.91 Å². The highest BCUT2D eigenvalue weighted by Gasteiger charge is 2.01. The second-order valence-corrected chi connectivity index (χ2v) is 3.45. The van der Waals surface area contributed by atoms with Gasteiger partial charge in [-0.1, -0.05) is 6.07 Å². The van der Waals surface area contributed by atoms with Crippen molar-refractivity contribution < 1.29 is 4.79 Å². The van der Waals surface area contributed by atoms with Gasteiger partial charge in [-0.25, -0.2) is 4.68 Å². The van der Waals surface area contributed by atoms with E-state index in [0.717, 1.165) is 5.69 Å². The molecule has 4 nitrogen and oxygen atoms in total. The molecule has 2 rings (SSSR count). The van der Waals surface area contributed by atoms with Crippen LogP contribution in [-0.2, 0) is 4.79 Å². The normalized spacial score (nSPS) is 10.1. The summed E-state index contributed by atoms with van der Waals surface area (Å²) in [6.07, 6.45) is 3.53. The van der Waals surface area contributed by atoms with E-state index in [0.29, 0.717) is 5.69 Å². The molecule has 0 unspecified atom stereocenters. The molecule has 2 aromatic rings. The first-order valence-electron chi connectivity index (χ1n) is 4.75. The van der Waals surface area contributed by atoms with E-state index in [1.807, 2.05) is 30.5 Å². The predicted molar refractivity (Wildman–Crippen MR) is 62.9 cm³/mol. The fourth-order valence-electron chi connectivity index (χ4n) is 1.34. The molecule has 0 atom stereocenters. The number of hydrogen-bond acceptors (Lipinski definition) is 2. The van der Waals surface area contributed by atoms with E-state index in [9.17, 15) is 4.79 Å². The van der Waals surface area contributed by atoms with E-state index >= 15 is 0 Å². The second kappa shape index (κ2) is 4.81. The van der Waals surface area contributed by atoms with Crippen LogP contribution in [0.5, 0.6) is 0 Å². The molecular weight excluding hydrogens is 226 g/mol. The van der Waals surface area contributed by atoms with E-state index < -0.39 is 0 Å². The number of nitrogens with zero attached hydrogens (tertiary/aromatic N) is 2. The molecule has 1 amide bonds. The fraction of sp³-hybridized carbons (Fsp3) is 0.0909. The molecule has 1 aromatic heterocycles. The van der Waals surface area contributed by atoms with Crippen molar-refractivity contribution in [3.63, 3.8) is 0 Å². The summed E-state index contributed by atoms with van der Waals surface area (Å²) in [5.74, 6) is -0.272. The first kappa shape index (κ1) is 10.7. The van der Waals surface area contributed by atoms with Gasteiger partial charge in [-0.2, -0.15) is 5.10 Å². The molecule has 0 fully saturated rings. The van der Waals surface area contributed by atoms with Gasteiger partial charge in [-0.05, 0) is 24.3 Å². The first-order chi connectivity index (χ1) is 7.79. The molecule has 0 aliphatic carbocycles. The van der Waals surface area contributed by atoms with Crippen molar-refractivity contribution in [2.75, 3.05) is 11.2 Å². The fourth-order valence-corrected chi connectivity index (χ4v) is 1.41. The highest BCUT2D eigenvalue weighted by atomic mass is 35.5. The number of aromatic nitrogens is 2. The number of anilines is 1. The van der Waals surface area contributed by atoms with E-state index in [1.54, 1.807) is 16.9 Å². The molecule has 0 saturated heterocycles. The molecule has 5 heteroatoms. The van der Waals surface area contributed by atoms with Crippen molar-refractivity contribution in [3.05, 3.63) is 42.7 Å². The Kier molecular flexibility index (Phi) is 3.22. The zero-order chi connectivity index (χ0) is 11.4. The lowest BCUT2D eigenvalue weighted by Gasteiger charge is -2.06. The van der Waals surface area contributed by atoms with E-state index in [1.165, 1.54) is 0 Å². The lowest BCUT2D eigenvalue weighted by molar-refractivity contribution is -0.113. The maximum Gasteiger partial charge on any atom is 0.239 e. The van der Waals surface area contributed by atoms with Crippen LogP contribution in [0.2, 0.25) is 0 Å². The lowest BCUT2D eigenvalue weighted by atomic mass is 10.3. The number of nitrogens with one attached hydrogen (secondary N) is 1. The van der Waals surface area contributed by atoms with Crippen LogP contribution in [0.3, 0.4) is 0 Å². The van der Waals surface area contributed by atoms with Crippen molar-refractivity contribution in [2.45, 2.75) is 0 Å². The van der Waals surface area contributed by atoms with Crippen molar-refractivity contribution in [1.82, 2.24) is 9.78 Å². The summed E-state index contributed by atoms with van der Waals surface area (Å²) in [6, 6.07) is 9.23. The Balaban J connectivity index is 2.23. The molecule has 0 aliphatic rings. The monoisotopic (exact) mass is 235 g/mol. The van der Waals surface area contributed by atoms with Gasteiger partial charge in [0, 0.05) is 18.1 Å². The van der Waals surface area contributed by atoms with Gasteiger partial charge in [0.15, 0.2) is 0 Å². The number of hydrogen-bond donors (Lipinski definition) is 1. The molecule has 1 heterocycles. The highest BCUT2D eigenvalue weighted by Crippen LogP contribution is 2.13. The zero-order valence-corrected chi connectivity index (χ0v) is 9.19. The van der Waals surface area contributed by atoms with Gasteiger partial charge >= 0.3 is 0 Å². The molecule has 1 aromatic carbocycles. The molecule has 0 bridgehead atoms. The van der Waals surface area contributed by atoms with Gasteiger partial charge in [0.1, 0.15) is 5.88 Å². The maximum absolute atomic E-state index is 11.1. The number of alkyl halides is 1. The number of carbonyl (C=O) groups excluding carboxylic acids is 1. The van der Waals surface area contributed by atoms with Gasteiger partial charge in [-0.3, -0.25) is 4.79 Å². The average molecular weight is 236 g/mol. The third-order valence-corrected chi connectivity index (χ3v) is 2.26. The van der Waals surface area contributed by atoms with Gasteiger partial charge in [-0.15, -0.1) is 11.6 Å². The topological polar surface area (TPSA) is 46.9 Å². The number of amides is 1. The average Bonchev–Trinajstić information content (AvgIpc) is 2.83. The summed E-state index contributed by atoms with van der Waals surface area (Å²) in [5, 5.41) is 6.79. The molecule has 0 radical (unpaired) electrons. The van der Waals surface area contributed by atoms with E-state index in [2.05, 4.69) is 10.4 Å². The first-order valence-corrected chi connectivity index (χ1v) is 5.29. The van der Waals surface area contributed by atoms with Gasteiger partial charge in [0.05, 0.1) is 5.69 Å². The van der Waals surface area contributed by atoms with Crippen LogP contribution in [0.25, 0.3) is 5.69 Å². The summed E-state index contributed by atoms with van der Waals surface area (Å²) in [4.78, 5) is 11.1. The Morgan fingerprint density at radius 3 is 3.00 bits per heavy atom. The molecule has 1 N–H and O–H groups in total. The number of benzene rings is 1. The summed E-state index contributed by atoms with van der Waals surface area (Å²) < 4.78 is 1.72. The SMILES string of the molecule is O=C(CCl)Nc1cccc(-n2cccn2)c1. The maximum atomic E-state index is 11.1. The Bertz CT molecular complexity index is 482. The Morgan fingerprint density at radius 1 is 1.44 bits per heavy atom. The van der Waals surface area contributed by atoms with Crippen LogP contribution in [0.4, 0.5) is 5.69 Å². The zero-order valence-electron chi connectivity index (χ0n) is 8.43. The second-order valence-electron chi connectivity index (χ2n) is 3.18. The minimum absolute atomic E-state index is 0.0496. The minimum Gasteiger partial charge on any atom is -0.325 e. The third kappa shape index (κ3) is 2.41. The van der Waals surface area contributed by atoms with Crippen LogP contribution in [0.15, 0.2) is 42.7 Å². The number of carbonyl (C=O) groups is 1.